The molecule has 1 aromatic carbocycles. The van der Waals surface area contributed by atoms with Crippen LogP contribution in [-0.4, -0.2) is 25.0 Å². The van der Waals surface area contributed by atoms with E-state index < -0.39 is 0 Å². The summed E-state index contributed by atoms with van der Waals surface area (Å²) in [6.45, 7) is 3.99. The first kappa shape index (κ1) is 10.7. The lowest BCUT2D eigenvalue weighted by molar-refractivity contribution is 0.183. The zero-order valence-electron chi connectivity index (χ0n) is 9.66. The van der Waals surface area contributed by atoms with Crippen molar-refractivity contribution in [3.05, 3.63) is 35.4 Å². The van der Waals surface area contributed by atoms with E-state index in [9.17, 15) is 0 Å². The second kappa shape index (κ2) is 3.95. The highest BCUT2D eigenvalue weighted by Crippen LogP contribution is 2.36. The molecule has 1 unspecified atom stereocenters. The van der Waals surface area contributed by atoms with Gasteiger partial charge in [0.25, 0.3) is 0 Å². The summed E-state index contributed by atoms with van der Waals surface area (Å²) in [5.41, 5.74) is 8.76. The molecule has 2 N–H and O–H groups in total. The van der Waals surface area contributed by atoms with Gasteiger partial charge in [-0.15, -0.1) is 0 Å². The Hall–Kier alpha value is -0.860. The quantitative estimate of drug-likeness (QED) is 0.797. The van der Waals surface area contributed by atoms with E-state index in [0.29, 0.717) is 6.54 Å². The van der Waals surface area contributed by atoms with Crippen molar-refractivity contribution in [3.8, 4) is 0 Å². The third-order valence-electron chi connectivity index (χ3n) is 3.74. The molecule has 1 fully saturated rings. The highest BCUT2D eigenvalue weighted by molar-refractivity contribution is 5.29. The number of rotatable bonds is 2. The Morgan fingerprint density at radius 1 is 1.33 bits per heavy atom. The van der Waals surface area contributed by atoms with Gasteiger partial charge in [-0.2, -0.15) is 0 Å². The van der Waals surface area contributed by atoms with Crippen LogP contribution in [-0.2, 0) is 5.54 Å². The largest absolute Gasteiger partial charge is 0.328 e. The SMILES string of the molecule is Cc1ccc(C2(CN)CCCN2C)cc1. The van der Waals surface area contributed by atoms with Gasteiger partial charge in [0.1, 0.15) is 0 Å². The molecule has 0 aliphatic carbocycles. The Balaban J connectivity index is 2.37. The number of nitrogens with two attached hydrogens (primary N) is 1. The Morgan fingerprint density at radius 3 is 2.47 bits per heavy atom. The molecule has 1 saturated heterocycles. The number of hydrogen-bond acceptors (Lipinski definition) is 2. The van der Waals surface area contributed by atoms with Gasteiger partial charge in [0, 0.05) is 6.54 Å². The van der Waals surface area contributed by atoms with Gasteiger partial charge in [0.15, 0.2) is 0 Å². The van der Waals surface area contributed by atoms with E-state index in [1.54, 1.807) is 0 Å². The van der Waals surface area contributed by atoms with Crippen molar-refractivity contribution in [1.29, 1.82) is 0 Å². The predicted molar refractivity (Wildman–Crippen MR) is 63.8 cm³/mol. The molecular weight excluding hydrogens is 184 g/mol. The maximum absolute atomic E-state index is 5.99. The van der Waals surface area contributed by atoms with Gasteiger partial charge in [0.05, 0.1) is 5.54 Å². The summed E-state index contributed by atoms with van der Waals surface area (Å²) in [5, 5.41) is 0. The van der Waals surface area contributed by atoms with Crippen molar-refractivity contribution in [3.63, 3.8) is 0 Å². The standard InChI is InChI=1S/C13H20N2/c1-11-4-6-12(7-5-11)13(10-14)8-3-9-15(13)2/h4-7H,3,8-10,14H2,1-2H3. The Kier molecular flexibility index (Phi) is 2.81. The molecule has 1 atom stereocenters. The number of hydrogen-bond donors (Lipinski definition) is 1. The number of aryl methyl sites for hydroxylation is 1. The van der Waals surface area contributed by atoms with E-state index in [0.717, 1.165) is 6.54 Å². The van der Waals surface area contributed by atoms with Gasteiger partial charge in [-0.1, -0.05) is 29.8 Å². The van der Waals surface area contributed by atoms with Crippen LogP contribution in [0.4, 0.5) is 0 Å². The zero-order valence-corrected chi connectivity index (χ0v) is 9.66. The topological polar surface area (TPSA) is 29.3 Å². The molecule has 0 bridgehead atoms. The lowest BCUT2D eigenvalue weighted by Crippen LogP contribution is -2.44. The molecule has 15 heavy (non-hydrogen) atoms. The van der Waals surface area contributed by atoms with Crippen LogP contribution in [0.25, 0.3) is 0 Å². The van der Waals surface area contributed by atoms with Crippen LogP contribution in [0.3, 0.4) is 0 Å². The fourth-order valence-corrected chi connectivity index (χ4v) is 2.62. The molecule has 1 heterocycles. The molecule has 0 spiro atoms. The van der Waals surface area contributed by atoms with Crippen molar-refractivity contribution >= 4 is 0 Å². The average Bonchev–Trinajstić information content (AvgIpc) is 2.62. The van der Waals surface area contributed by atoms with Crippen molar-refractivity contribution < 1.29 is 0 Å². The summed E-state index contributed by atoms with van der Waals surface area (Å²) in [4.78, 5) is 2.40. The Morgan fingerprint density at radius 2 is 2.00 bits per heavy atom. The highest BCUT2D eigenvalue weighted by atomic mass is 15.2. The molecule has 2 nitrogen and oxygen atoms in total. The van der Waals surface area contributed by atoms with Gasteiger partial charge < -0.3 is 5.73 Å². The fraction of sp³-hybridized carbons (Fsp3) is 0.538. The first-order valence-electron chi connectivity index (χ1n) is 5.67. The molecule has 82 valence electrons. The highest BCUT2D eigenvalue weighted by Gasteiger charge is 2.38. The van der Waals surface area contributed by atoms with Crippen molar-refractivity contribution in [2.24, 2.45) is 5.73 Å². The third-order valence-corrected chi connectivity index (χ3v) is 3.74. The van der Waals surface area contributed by atoms with E-state index in [-0.39, 0.29) is 5.54 Å². The van der Waals surface area contributed by atoms with Crippen molar-refractivity contribution in [1.82, 2.24) is 4.90 Å². The smallest absolute Gasteiger partial charge is 0.0581 e. The minimum atomic E-state index is 0.0910. The molecule has 0 aromatic heterocycles. The summed E-state index contributed by atoms with van der Waals surface area (Å²) in [7, 11) is 2.18. The number of nitrogens with zero attached hydrogens (tertiary/aromatic N) is 1. The summed E-state index contributed by atoms with van der Waals surface area (Å²) in [6, 6.07) is 8.81. The molecule has 1 aromatic rings. The van der Waals surface area contributed by atoms with Crippen LogP contribution in [0.2, 0.25) is 0 Å². The summed E-state index contributed by atoms with van der Waals surface area (Å²) in [5.74, 6) is 0. The van der Waals surface area contributed by atoms with Crippen LogP contribution in [0.15, 0.2) is 24.3 Å². The number of likely N-dealkylation sites (tertiary alicyclic amines) is 1. The van der Waals surface area contributed by atoms with Crippen molar-refractivity contribution in [2.45, 2.75) is 25.3 Å². The number of likely N-dealkylation sites (N-methyl/N-ethyl adjacent to an activating group) is 1. The zero-order chi connectivity index (χ0) is 10.9. The molecular formula is C13H20N2. The van der Waals surface area contributed by atoms with Gasteiger partial charge in [-0.3, -0.25) is 4.90 Å². The molecule has 2 rings (SSSR count). The molecule has 1 aliphatic heterocycles. The monoisotopic (exact) mass is 204 g/mol. The summed E-state index contributed by atoms with van der Waals surface area (Å²) >= 11 is 0. The normalized spacial score (nSPS) is 27.1. The Bertz CT molecular complexity index is 331. The first-order valence-corrected chi connectivity index (χ1v) is 5.67. The van der Waals surface area contributed by atoms with Crippen LogP contribution in [0.5, 0.6) is 0 Å². The van der Waals surface area contributed by atoms with E-state index in [1.165, 1.54) is 24.0 Å². The molecule has 0 amide bonds. The third kappa shape index (κ3) is 1.68. The second-order valence-corrected chi connectivity index (χ2v) is 4.63. The molecule has 0 saturated carbocycles. The van der Waals surface area contributed by atoms with E-state index >= 15 is 0 Å². The maximum atomic E-state index is 5.99. The van der Waals surface area contributed by atoms with E-state index in [4.69, 9.17) is 5.73 Å². The van der Waals surface area contributed by atoms with Crippen LogP contribution in [0.1, 0.15) is 24.0 Å². The van der Waals surface area contributed by atoms with Gasteiger partial charge in [-0.05, 0) is 38.9 Å². The van der Waals surface area contributed by atoms with Crippen LogP contribution >= 0.6 is 0 Å². The maximum Gasteiger partial charge on any atom is 0.0581 e. The van der Waals surface area contributed by atoms with Gasteiger partial charge >= 0.3 is 0 Å². The molecule has 0 radical (unpaired) electrons. The Labute approximate surface area is 92.1 Å². The number of benzene rings is 1. The summed E-state index contributed by atoms with van der Waals surface area (Å²) in [6.07, 6.45) is 2.44. The lowest BCUT2D eigenvalue weighted by atomic mass is 9.87. The minimum Gasteiger partial charge on any atom is -0.328 e. The predicted octanol–water partition coefficient (Wildman–Crippen LogP) is 1.87. The van der Waals surface area contributed by atoms with Crippen LogP contribution < -0.4 is 5.73 Å². The van der Waals surface area contributed by atoms with E-state index in [2.05, 4.69) is 43.1 Å². The summed E-state index contributed by atoms with van der Waals surface area (Å²) < 4.78 is 0. The van der Waals surface area contributed by atoms with Crippen LogP contribution in [0, 0.1) is 6.92 Å². The average molecular weight is 204 g/mol. The fourth-order valence-electron chi connectivity index (χ4n) is 2.62. The second-order valence-electron chi connectivity index (χ2n) is 4.63. The van der Waals surface area contributed by atoms with Gasteiger partial charge in [-0.25, -0.2) is 0 Å². The van der Waals surface area contributed by atoms with E-state index in [1.807, 2.05) is 0 Å². The molecule has 2 heteroatoms. The van der Waals surface area contributed by atoms with Gasteiger partial charge in [0.2, 0.25) is 0 Å². The van der Waals surface area contributed by atoms with Crippen molar-refractivity contribution in [2.75, 3.05) is 20.1 Å². The molecule has 1 aliphatic rings. The lowest BCUT2D eigenvalue weighted by Gasteiger charge is -2.35. The minimum absolute atomic E-state index is 0.0910. The first-order chi connectivity index (χ1) is 7.19.